The maximum atomic E-state index is 13.5. The van der Waals surface area contributed by atoms with Gasteiger partial charge in [-0.15, -0.1) is 24.0 Å². The lowest BCUT2D eigenvalue weighted by Crippen LogP contribution is -2.42. The summed E-state index contributed by atoms with van der Waals surface area (Å²) in [7, 11) is 0. The summed E-state index contributed by atoms with van der Waals surface area (Å²) in [5.41, 5.74) is 0.750. The van der Waals surface area contributed by atoms with Crippen molar-refractivity contribution < 1.29 is 14.2 Å². The van der Waals surface area contributed by atoms with Gasteiger partial charge in [0, 0.05) is 39.3 Å². The van der Waals surface area contributed by atoms with Gasteiger partial charge in [0.25, 0.3) is 0 Å². The first-order valence-electron chi connectivity index (χ1n) is 9.46. The van der Waals surface area contributed by atoms with E-state index in [0.29, 0.717) is 12.5 Å². The Kier molecular flexibility index (Phi) is 9.04. The molecular weight excluding hydrogens is 462 g/mol. The number of phenolic OH excluding ortho intramolecular Hbond substituents is 1. The number of nitrogens with zero attached hydrogens (tertiary/aromatic N) is 3. The second-order valence-corrected chi connectivity index (χ2v) is 6.97. The van der Waals surface area contributed by atoms with Gasteiger partial charge in [-0.2, -0.15) is 0 Å². The zero-order valence-electron chi connectivity index (χ0n) is 15.9. The number of hydrogen-bond donors (Lipinski definition) is 2. The molecular formula is C19H30FIN4O2. The number of guanidine groups is 1. The standard InChI is InChI=1S/C19H29FN4O2.HI/c1-2-21-19(22-12-15-3-4-18(25)17(20)11-15)24-6-5-16(14-24)13-23-7-9-26-10-8-23;/h3-4,11,16,25H,2,5-10,12-14H2,1H3,(H,21,22);1H. The van der Waals surface area contributed by atoms with Gasteiger partial charge in [0.1, 0.15) is 0 Å². The summed E-state index contributed by atoms with van der Waals surface area (Å²) in [6, 6.07) is 4.42. The molecule has 27 heavy (non-hydrogen) atoms. The molecule has 0 bridgehead atoms. The van der Waals surface area contributed by atoms with Gasteiger partial charge in [-0.05, 0) is 37.0 Å². The quantitative estimate of drug-likeness (QED) is 0.376. The minimum Gasteiger partial charge on any atom is -0.505 e. The molecule has 1 aromatic carbocycles. The Labute approximate surface area is 177 Å². The molecule has 0 aliphatic carbocycles. The van der Waals surface area contributed by atoms with Crippen LogP contribution >= 0.6 is 24.0 Å². The largest absolute Gasteiger partial charge is 0.505 e. The van der Waals surface area contributed by atoms with Crippen LogP contribution in [0.3, 0.4) is 0 Å². The number of nitrogens with one attached hydrogen (secondary N) is 1. The van der Waals surface area contributed by atoms with Crippen molar-refractivity contribution >= 4 is 29.9 Å². The third kappa shape index (κ3) is 6.46. The van der Waals surface area contributed by atoms with E-state index in [1.807, 2.05) is 0 Å². The fourth-order valence-electron chi connectivity index (χ4n) is 3.56. The van der Waals surface area contributed by atoms with Gasteiger partial charge in [0.15, 0.2) is 17.5 Å². The van der Waals surface area contributed by atoms with Crippen molar-refractivity contribution in [3.8, 4) is 5.75 Å². The molecule has 0 saturated carbocycles. The maximum Gasteiger partial charge on any atom is 0.194 e. The van der Waals surface area contributed by atoms with E-state index in [9.17, 15) is 9.50 Å². The molecule has 0 radical (unpaired) electrons. The van der Waals surface area contributed by atoms with E-state index in [0.717, 1.165) is 70.4 Å². The van der Waals surface area contributed by atoms with Crippen LogP contribution in [0.5, 0.6) is 5.75 Å². The minimum atomic E-state index is -0.602. The molecule has 1 aromatic rings. The van der Waals surface area contributed by atoms with E-state index < -0.39 is 5.82 Å². The average Bonchev–Trinajstić information content (AvgIpc) is 3.10. The molecule has 0 spiro atoms. The molecule has 152 valence electrons. The first kappa shape index (κ1) is 22.2. The van der Waals surface area contributed by atoms with Crippen LogP contribution in [0.15, 0.2) is 23.2 Å². The highest BCUT2D eigenvalue weighted by Gasteiger charge is 2.27. The van der Waals surface area contributed by atoms with Gasteiger partial charge in [0.05, 0.1) is 19.8 Å². The summed E-state index contributed by atoms with van der Waals surface area (Å²) < 4.78 is 18.9. The molecule has 3 rings (SSSR count). The van der Waals surface area contributed by atoms with Crippen LogP contribution in [-0.4, -0.2) is 73.3 Å². The average molecular weight is 492 g/mol. The van der Waals surface area contributed by atoms with Crippen LogP contribution in [0, 0.1) is 11.7 Å². The Morgan fingerprint density at radius 2 is 2.11 bits per heavy atom. The molecule has 0 amide bonds. The van der Waals surface area contributed by atoms with Gasteiger partial charge in [-0.3, -0.25) is 4.90 Å². The molecule has 1 atom stereocenters. The molecule has 2 aliphatic rings. The van der Waals surface area contributed by atoms with Crippen molar-refractivity contribution in [1.82, 2.24) is 15.1 Å². The molecule has 2 N–H and O–H groups in total. The first-order chi connectivity index (χ1) is 12.7. The predicted molar refractivity (Wildman–Crippen MR) is 115 cm³/mol. The number of halogens is 2. The summed E-state index contributed by atoms with van der Waals surface area (Å²) in [4.78, 5) is 9.45. The van der Waals surface area contributed by atoms with Crippen LogP contribution in [0.2, 0.25) is 0 Å². The third-order valence-electron chi connectivity index (χ3n) is 4.96. The Balaban J connectivity index is 0.00000261. The highest BCUT2D eigenvalue weighted by atomic mass is 127. The Morgan fingerprint density at radius 1 is 1.33 bits per heavy atom. The maximum absolute atomic E-state index is 13.5. The van der Waals surface area contributed by atoms with Crippen LogP contribution in [0.1, 0.15) is 18.9 Å². The lowest BCUT2D eigenvalue weighted by Gasteiger charge is -2.29. The van der Waals surface area contributed by atoms with E-state index in [-0.39, 0.29) is 29.7 Å². The summed E-state index contributed by atoms with van der Waals surface area (Å²) in [5.74, 6) is 0.595. The number of ether oxygens (including phenoxy) is 1. The van der Waals surface area contributed by atoms with Crippen LogP contribution in [0.25, 0.3) is 0 Å². The second-order valence-electron chi connectivity index (χ2n) is 6.97. The number of morpholine rings is 1. The zero-order chi connectivity index (χ0) is 18.4. The molecule has 0 aromatic heterocycles. The lowest BCUT2D eigenvalue weighted by atomic mass is 10.1. The van der Waals surface area contributed by atoms with Crippen LogP contribution < -0.4 is 5.32 Å². The van der Waals surface area contributed by atoms with Crippen molar-refractivity contribution in [3.63, 3.8) is 0 Å². The van der Waals surface area contributed by atoms with Crippen LogP contribution in [0.4, 0.5) is 4.39 Å². The molecule has 8 heteroatoms. The SMILES string of the molecule is CCNC(=NCc1ccc(O)c(F)c1)N1CCC(CN2CCOCC2)C1.I. The fraction of sp³-hybridized carbons (Fsp3) is 0.632. The topological polar surface area (TPSA) is 60.3 Å². The summed E-state index contributed by atoms with van der Waals surface area (Å²) >= 11 is 0. The molecule has 1 unspecified atom stereocenters. The summed E-state index contributed by atoms with van der Waals surface area (Å²) in [5, 5.41) is 12.6. The number of hydrogen-bond acceptors (Lipinski definition) is 4. The number of benzene rings is 1. The van der Waals surface area contributed by atoms with Crippen molar-refractivity contribution in [2.24, 2.45) is 10.9 Å². The van der Waals surface area contributed by atoms with E-state index >= 15 is 0 Å². The van der Waals surface area contributed by atoms with E-state index in [1.54, 1.807) is 6.07 Å². The van der Waals surface area contributed by atoms with Gasteiger partial charge < -0.3 is 20.1 Å². The highest BCUT2D eigenvalue weighted by Crippen LogP contribution is 2.19. The van der Waals surface area contributed by atoms with Crippen molar-refractivity contribution in [2.45, 2.75) is 19.9 Å². The van der Waals surface area contributed by atoms with Gasteiger partial charge in [-0.25, -0.2) is 9.38 Å². The normalized spacial score (nSPS) is 21.2. The molecule has 6 nitrogen and oxygen atoms in total. The summed E-state index contributed by atoms with van der Waals surface area (Å²) in [6.07, 6.45) is 1.16. The van der Waals surface area contributed by atoms with Crippen molar-refractivity contribution in [1.29, 1.82) is 0 Å². The first-order valence-corrected chi connectivity index (χ1v) is 9.46. The molecule has 2 aliphatic heterocycles. The Bertz CT molecular complexity index is 626. The lowest BCUT2D eigenvalue weighted by molar-refractivity contribution is 0.0315. The van der Waals surface area contributed by atoms with Gasteiger partial charge in [0.2, 0.25) is 0 Å². The molecule has 2 heterocycles. The molecule has 2 fully saturated rings. The number of aliphatic imine (C=N–C) groups is 1. The van der Waals surface area contributed by atoms with Crippen LogP contribution in [-0.2, 0) is 11.3 Å². The minimum absolute atomic E-state index is 0. The third-order valence-corrected chi connectivity index (χ3v) is 4.96. The summed E-state index contributed by atoms with van der Waals surface area (Å²) in [6.45, 7) is 10.1. The number of aromatic hydroxyl groups is 1. The Morgan fingerprint density at radius 3 is 2.81 bits per heavy atom. The smallest absolute Gasteiger partial charge is 0.194 e. The Hall–Kier alpha value is -1.13. The fourth-order valence-corrected chi connectivity index (χ4v) is 3.56. The molecule has 2 saturated heterocycles. The number of likely N-dealkylation sites (tertiary alicyclic amines) is 1. The monoisotopic (exact) mass is 492 g/mol. The van der Waals surface area contributed by atoms with Gasteiger partial charge >= 0.3 is 0 Å². The predicted octanol–water partition coefficient (Wildman–Crippen LogP) is 2.27. The highest BCUT2D eigenvalue weighted by molar-refractivity contribution is 14.0. The van der Waals surface area contributed by atoms with Gasteiger partial charge in [-0.1, -0.05) is 6.07 Å². The van der Waals surface area contributed by atoms with E-state index in [2.05, 4.69) is 27.0 Å². The zero-order valence-corrected chi connectivity index (χ0v) is 18.2. The van der Waals surface area contributed by atoms with E-state index in [1.165, 1.54) is 12.1 Å². The second kappa shape index (κ2) is 11.0. The van der Waals surface area contributed by atoms with Crippen molar-refractivity contribution in [2.75, 3.05) is 52.5 Å². The van der Waals surface area contributed by atoms with Crippen molar-refractivity contribution in [3.05, 3.63) is 29.6 Å². The number of rotatable bonds is 5. The van der Waals surface area contributed by atoms with E-state index in [4.69, 9.17) is 4.74 Å². The number of phenols is 1.